The predicted molar refractivity (Wildman–Crippen MR) is 68.0 cm³/mol. The zero-order valence-corrected chi connectivity index (χ0v) is 11.2. The number of carbonyl (C=O) groups is 2. The third-order valence-corrected chi connectivity index (χ3v) is 3.72. The second kappa shape index (κ2) is 6.21. The van der Waals surface area contributed by atoms with Gasteiger partial charge in [-0.05, 0) is 13.3 Å². The van der Waals surface area contributed by atoms with Crippen molar-refractivity contribution in [1.29, 1.82) is 0 Å². The van der Waals surface area contributed by atoms with Crippen molar-refractivity contribution in [2.24, 2.45) is 0 Å². The van der Waals surface area contributed by atoms with Crippen LogP contribution in [0.25, 0.3) is 0 Å². The van der Waals surface area contributed by atoms with Gasteiger partial charge in [0.1, 0.15) is 6.04 Å². The molecular weight excluding hydrogens is 250 g/mol. The number of urea groups is 1. The van der Waals surface area contributed by atoms with Gasteiger partial charge in [-0.2, -0.15) is 0 Å². The van der Waals surface area contributed by atoms with Gasteiger partial charge in [0.2, 0.25) is 0 Å². The molecular formula is C12H21N3O4. The van der Waals surface area contributed by atoms with Crippen LogP contribution in [0.5, 0.6) is 0 Å². The van der Waals surface area contributed by atoms with Crippen molar-refractivity contribution in [3.05, 3.63) is 0 Å². The van der Waals surface area contributed by atoms with Crippen molar-refractivity contribution in [1.82, 2.24) is 15.1 Å². The summed E-state index contributed by atoms with van der Waals surface area (Å²) in [6.45, 7) is 6.13. The highest BCUT2D eigenvalue weighted by Gasteiger charge is 2.31. The Hall–Kier alpha value is -1.34. The van der Waals surface area contributed by atoms with E-state index in [9.17, 15) is 9.59 Å². The number of nitrogens with one attached hydrogen (secondary N) is 1. The van der Waals surface area contributed by atoms with Gasteiger partial charge >= 0.3 is 12.0 Å². The summed E-state index contributed by atoms with van der Waals surface area (Å²) in [5.41, 5.74) is 0. The van der Waals surface area contributed by atoms with E-state index in [1.54, 1.807) is 4.90 Å². The van der Waals surface area contributed by atoms with Crippen molar-refractivity contribution >= 4 is 12.0 Å². The first-order valence-corrected chi connectivity index (χ1v) is 6.68. The molecule has 2 heterocycles. The zero-order valence-electron chi connectivity index (χ0n) is 11.2. The van der Waals surface area contributed by atoms with Crippen LogP contribution in [0.1, 0.15) is 13.3 Å². The standard InChI is InChI=1S/C12H21N3O4/c1-9(11(16)17)13-12(18)15-3-2-10(8-15)14-4-6-19-7-5-14/h9-10H,2-8H2,1H3,(H,13,18)(H,16,17)/t9-,10?/m0/s1. The topological polar surface area (TPSA) is 82.1 Å². The number of morpholine rings is 1. The predicted octanol–water partition coefficient (Wildman–Crippen LogP) is -0.424. The molecule has 2 N–H and O–H groups in total. The van der Waals surface area contributed by atoms with Crippen LogP contribution >= 0.6 is 0 Å². The smallest absolute Gasteiger partial charge is 0.325 e. The lowest BCUT2D eigenvalue weighted by Crippen LogP contribution is -2.48. The maximum absolute atomic E-state index is 11.9. The van der Waals surface area contributed by atoms with Crippen LogP contribution in [0.2, 0.25) is 0 Å². The molecule has 2 rings (SSSR count). The summed E-state index contributed by atoms with van der Waals surface area (Å²) in [6.07, 6.45) is 0.939. The highest BCUT2D eigenvalue weighted by Crippen LogP contribution is 2.16. The summed E-state index contributed by atoms with van der Waals surface area (Å²) in [7, 11) is 0. The van der Waals surface area contributed by atoms with E-state index in [4.69, 9.17) is 9.84 Å². The molecule has 0 bridgehead atoms. The number of likely N-dealkylation sites (tertiary alicyclic amines) is 1. The molecule has 0 aromatic rings. The van der Waals surface area contributed by atoms with Gasteiger partial charge in [-0.15, -0.1) is 0 Å². The first kappa shape index (κ1) is 14.1. The van der Waals surface area contributed by atoms with E-state index in [2.05, 4.69) is 10.2 Å². The van der Waals surface area contributed by atoms with Crippen LogP contribution < -0.4 is 5.32 Å². The second-order valence-electron chi connectivity index (χ2n) is 5.05. The molecule has 0 saturated carbocycles. The molecule has 0 aliphatic carbocycles. The Kier molecular flexibility index (Phi) is 4.60. The van der Waals surface area contributed by atoms with E-state index in [0.29, 0.717) is 19.1 Å². The van der Waals surface area contributed by atoms with Crippen LogP contribution in [-0.4, -0.2) is 78.4 Å². The molecule has 2 aliphatic heterocycles. The number of amides is 2. The lowest BCUT2D eigenvalue weighted by atomic mass is 10.2. The maximum Gasteiger partial charge on any atom is 0.325 e. The van der Waals surface area contributed by atoms with Gasteiger partial charge in [0.05, 0.1) is 13.2 Å². The van der Waals surface area contributed by atoms with E-state index < -0.39 is 12.0 Å². The van der Waals surface area contributed by atoms with Crippen LogP contribution in [0, 0.1) is 0 Å². The van der Waals surface area contributed by atoms with Crippen molar-refractivity contribution < 1.29 is 19.4 Å². The molecule has 0 radical (unpaired) electrons. The fourth-order valence-corrected chi connectivity index (χ4v) is 2.51. The number of carboxylic acid groups (broad SMARTS) is 1. The van der Waals surface area contributed by atoms with E-state index in [1.807, 2.05) is 0 Å². The number of nitrogens with zero attached hydrogens (tertiary/aromatic N) is 2. The lowest BCUT2D eigenvalue weighted by molar-refractivity contribution is -0.138. The number of rotatable bonds is 3. The SMILES string of the molecule is C[C@H](NC(=O)N1CCC(N2CCOCC2)C1)C(=O)O. The number of carboxylic acids is 1. The Bertz CT molecular complexity index is 344. The molecule has 1 unspecified atom stereocenters. The number of aliphatic carboxylic acids is 1. The zero-order chi connectivity index (χ0) is 13.8. The summed E-state index contributed by atoms with van der Waals surface area (Å²) in [5.74, 6) is -1.02. The molecule has 2 aliphatic rings. The molecule has 2 fully saturated rings. The van der Waals surface area contributed by atoms with E-state index in [-0.39, 0.29) is 6.03 Å². The molecule has 0 spiro atoms. The van der Waals surface area contributed by atoms with Gasteiger partial charge in [-0.1, -0.05) is 0 Å². The summed E-state index contributed by atoms with van der Waals surface area (Å²) in [5, 5.41) is 11.3. The highest BCUT2D eigenvalue weighted by atomic mass is 16.5. The third-order valence-electron chi connectivity index (χ3n) is 3.72. The summed E-state index contributed by atoms with van der Waals surface area (Å²) >= 11 is 0. The Labute approximate surface area is 112 Å². The second-order valence-corrected chi connectivity index (χ2v) is 5.05. The maximum atomic E-state index is 11.9. The Morgan fingerprint density at radius 2 is 2.00 bits per heavy atom. The van der Waals surface area contributed by atoms with Gasteiger partial charge in [0.25, 0.3) is 0 Å². The summed E-state index contributed by atoms with van der Waals surface area (Å²) < 4.78 is 5.31. The molecule has 0 aromatic carbocycles. The number of ether oxygens (including phenoxy) is 1. The van der Waals surface area contributed by atoms with Crippen LogP contribution in [-0.2, 0) is 9.53 Å². The molecule has 7 nitrogen and oxygen atoms in total. The van der Waals surface area contributed by atoms with Crippen molar-refractivity contribution in [3.63, 3.8) is 0 Å². The van der Waals surface area contributed by atoms with Crippen LogP contribution in [0.3, 0.4) is 0 Å². The summed E-state index contributed by atoms with van der Waals surface area (Å²) in [6, 6.07) is -0.768. The molecule has 7 heteroatoms. The van der Waals surface area contributed by atoms with Gasteiger partial charge < -0.3 is 20.1 Å². The van der Waals surface area contributed by atoms with E-state index >= 15 is 0 Å². The number of carbonyl (C=O) groups excluding carboxylic acids is 1. The summed E-state index contributed by atoms with van der Waals surface area (Å²) in [4.78, 5) is 26.6. The van der Waals surface area contributed by atoms with Crippen molar-refractivity contribution in [3.8, 4) is 0 Å². The minimum Gasteiger partial charge on any atom is -0.480 e. The fraction of sp³-hybridized carbons (Fsp3) is 0.833. The van der Waals surface area contributed by atoms with Crippen molar-refractivity contribution in [2.75, 3.05) is 39.4 Å². The first-order chi connectivity index (χ1) is 9.08. The molecule has 2 amide bonds. The largest absolute Gasteiger partial charge is 0.480 e. The minimum atomic E-state index is -1.02. The van der Waals surface area contributed by atoms with E-state index in [0.717, 1.165) is 32.7 Å². The molecule has 19 heavy (non-hydrogen) atoms. The Morgan fingerprint density at radius 1 is 1.32 bits per heavy atom. The number of hydrogen-bond donors (Lipinski definition) is 2. The van der Waals surface area contributed by atoms with Crippen molar-refractivity contribution in [2.45, 2.75) is 25.4 Å². The molecule has 0 aromatic heterocycles. The van der Waals surface area contributed by atoms with Gasteiger partial charge in [0.15, 0.2) is 0 Å². The highest BCUT2D eigenvalue weighted by molar-refractivity contribution is 5.82. The Balaban J connectivity index is 1.80. The Morgan fingerprint density at radius 3 is 2.63 bits per heavy atom. The van der Waals surface area contributed by atoms with Gasteiger partial charge in [-0.25, -0.2) is 4.79 Å². The van der Waals surface area contributed by atoms with E-state index in [1.165, 1.54) is 6.92 Å². The minimum absolute atomic E-state index is 0.286. The normalized spacial score (nSPS) is 26.2. The van der Waals surface area contributed by atoms with Crippen LogP contribution in [0.4, 0.5) is 4.79 Å². The van der Waals surface area contributed by atoms with Crippen LogP contribution in [0.15, 0.2) is 0 Å². The average Bonchev–Trinajstić information content (AvgIpc) is 2.89. The fourth-order valence-electron chi connectivity index (χ4n) is 2.51. The third kappa shape index (κ3) is 3.57. The quantitative estimate of drug-likeness (QED) is 0.728. The number of hydrogen-bond acceptors (Lipinski definition) is 4. The lowest BCUT2D eigenvalue weighted by Gasteiger charge is -2.32. The molecule has 2 saturated heterocycles. The van der Waals surface area contributed by atoms with Gasteiger partial charge in [-0.3, -0.25) is 9.69 Å². The molecule has 108 valence electrons. The average molecular weight is 271 g/mol. The monoisotopic (exact) mass is 271 g/mol. The van der Waals surface area contributed by atoms with Gasteiger partial charge in [0, 0.05) is 32.2 Å². The molecule has 2 atom stereocenters. The first-order valence-electron chi connectivity index (χ1n) is 6.68.